The van der Waals surface area contributed by atoms with Gasteiger partial charge < -0.3 is 14.9 Å². The Morgan fingerprint density at radius 1 is 1.16 bits per heavy atom. The summed E-state index contributed by atoms with van der Waals surface area (Å²) in [5, 5.41) is 4.00. The zero-order chi connectivity index (χ0) is 22.4. The zero-order valence-electron chi connectivity index (χ0n) is 17.3. The average molecular weight is 467 g/mol. The second kappa shape index (κ2) is 8.11. The molecule has 2 N–H and O–H groups in total. The zero-order valence-corrected chi connectivity index (χ0v) is 18.8. The van der Waals surface area contributed by atoms with Crippen molar-refractivity contribution in [2.24, 2.45) is 0 Å². The number of Topliss-reactive ketones (excluding diaryl/α,β-unsaturated/α-hetero) is 1. The van der Waals surface area contributed by atoms with Crippen molar-refractivity contribution < 1.29 is 9.59 Å². The Morgan fingerprint density at radius 3 is 2.81 bits per heavy atom. The smallest absolute Gasteiger partial charge is 0.251 e. The summed E-state index contributed by atoms with van der Waals surface area (Å²) in [6, 6.07) is 12.1. The Kier molecular flexibility index (Phi) is 5.27. The quantitative estimate of drug-likeness (QED) is 0.406. The number of halogens is 2. The molecular weight excluding hydrogens is 447 g/mol. The third-order valence-corrected chi connectivity index (χ3v) is 6.34. The van der Waals surface area contributed by atoms with E-state index in [1.165, 1.54) is 0 Å². The number of fused-ring (bicyclic) bond motifs is 2. The van der Waals surface area contributed by atoms with E-state index in [-0.39, 0.29) is 17.7 Å². The van der Waals surface area contributed by atoms with Crippen molar-refractivity contribution in [1.29, 1.82) is 0 Å². The highest BCUT2D eigenvalue weighted by Crippen LogP contribution is 2.29. The molecule has 0 unspecified atom stereocenters. The maximum Gasteiger partial charge on any atom is 0.251 e. The van der Waals surface area contributed by atoms with Gasteiger partial charge in [0.25, 0.3) is 5.91 Å². The van der Waals surface area contributed by atoms with E-state index in [2.05, 4.69) is 15.3 Å². The van der Waals surface area contributed by atoms with Crippen molar-refractivity contribution in [3.8, 4) is 5.69 Å². The topological polar surface area (TPSA) is 79.8 Å². The number of nitrogens with zero attached hydrogens (tertiary/aromatic N) is 2. The normalized spacial score (nSPS) is 14.4. The first-order chi connectivity index (χ1) is 15.4. The fraction of sp³-hybridized carbons (Fsp3) is 0.208. The fourth-order valence-corrected chi connectivity index (χ4v) is 4.58. The highest BCUT2D eigenvalue weighted by molar-refractivity contribution is 6.33. The predicted octanol–water partition coefficient (Wildman–Crippen LogP) is 5.67. The van der Waals surface area contributed by atoms with Crippen molar-refractivity contribution in [3.05, 3.63) is 81.4 Å². The Balaban J connectivity index is 1.36. The van der Waals surface area contributed by atoms with Crippen LogP contribution in [0.4, 0.5) is 0 Å². The second-order valence-electron chi connectivity index (χ2n) is 7.97. The molecule has 1 atom stereocenters. The summed E-state index contributed by atoms with van der Waals surface area (Å²) in [5.41, 5.74) is 4.53. The van der Waals surface area contributed by atoms with Gasteiger partial charge in [0.05, 0.1) is 27.8 Å². The lowest BCUT2D eigenvalue weighted by atomic mass is 9.96. The molecule has 0 radical (unpaired) electrons. The van der Waals surface area contributed by atoms with Crippen molar-refractivity contribution in [2.45, 2.75) is 32.2 Å². The Bertz CT molecular complexity index is 1370. The number of amides is 1. The van der Waals surface area contributed by atoms with Crippen LogP contribution in [-0.4, -0.2) is 26.2 Å². The third-order valence-electron chi connectivity index (χ3n) is 5.80. The second-order valence-corrected chi connectivity index (χ2v) is 8.81. The first kappa shape index (κ1) is 20.8. The summed E-state index contributed by atoms with van der Waals surface area (Å²) in [6.45, 7) is 1.86. The summed E-state index contributed by atoms with van der Waals surface area (Å²) in [6.07, 6.45) is 4.11. The van der Waals surface area contributed by atoms with Gasteiger partial charge in [-0.2, -0.15) is 0 Å². The standard InChI is InChI=1S/C24H20Cl2N4O2/c1-13(23-28-18-7-6-15(25)12-19(18)29-23)27-24(32)14-5-8-21(17(26)11-14)30-10-9-16-20(30)3-2-4-22(16)31/h5-13H,2-4H2,1H3,(H,27,32)(H,28,29)/t13-/m0/s1. The number of H-pyrrole nitrogens is 1. The van der Waals surface area contributed by atoms with Crippen LogP contribution in [0.15, 0.2) is 48.7 Å². The molecule has 0 spiro atoms. The van der Waals surface area contributed by atoms with Crippen LogP contribution >= 0.6 is 23.2 Å². The molecule has 162 valence electrons. The van der Waals surface area contributed by atoms with Gasteiger partial charge in [-0.25, -0.2) is 4.98 Å². The van der Waals surface area contributed by atoms with Crippen molar-refractivity contribution in [3.63, 3.8) is 0 Å². The number of carbonyl (C=O) groups is 2. The highest BCUT2D eigenvalue weighted by Gasteiger charge is 2.22. The molecule has 0 aliphatic heterocycles. The maximum atomic E-state index is 12.8. The van der Waals surface area contributed by atoms with Crippen LogP contribution in [-0.2, 0) is 6.42 Å². The number of aromatic nitrogens is 3. The number of nitrogens with one attached hydrogen (secondary N) is 2. The van der Waals surface area contributed by atoms with E-state index in [0.29, 0.717) is 27.9 Å². The summed E-state index contributed by atoms with van der Waals surface area (Å²) in [5.74, 6) is 0.551. The molecule has 0 saturated carbocycles. The minimum atomic E-state index is -0.338. The Labute approximate surface area is 194 Å². The van der Waals surface area contributed by atoms with E-state index >= 15 is 0 Å². The van der Waals surface area contributed by atoms with E-state index in [0.717, 1.165) is 40.8 Å². The molecule has 1 amide bonds. The van der Waals surface area contributed by atoms with Crippen molar-refractivity contribution >= 4 is 45.9 Å². The number of rotatable bonds is 4. The van der Waals surface area contributed by atoms with E-state index in [4.69, 9.17) is 23.2 Å². The van der Waals surface area contributed by atoms with Gasteiger partial charge in [0.1, 0.15) is 5.82 Å². The van der Waals surface area contributed by atoms with Gasteiger partial charge in [0.15, 0.2) is 5.78 Å². The molecule has 32 heavy (non-hydrogen) atoms. The monoisotopic (exact) mass is 466 g/mol. The lowest BCUT2D eigenvalue weighted by Crippen LogP contribution is -2.27. The van der Waals surface area contributed by atoms with E-state index in [1.807, 2.05) is 35.9 Å². The number of hydrogen-bond donors (Lipinski definition) is 2. The molecule has 0 bridgehead atoms. The molecule has 2 heterocycles. The molecule has 5 rings (SSSR count). The number of ketones is 1. The summed E-state index contributed by atoms with van der Waals surface area (Å²) in [4.78, 5) is 32.7. The van der Waals surface area contributed by atoms with E-state index in [1.54, 1.807) is 24.3 Å². The van der Waals surface area contributed by atoms with Gasteiger partial charge >= 0.3 is 0 Å². The van der Waals surface area contributed by atoms with Gasteiger partial charge in [0.2, 0.25) is 0 Å². The van der Waals surface area contributed by atoms with Gasteiger partial charge in [0, 0.05) is 34.5 Å². The average Bonchev–Trinajstić information content (AvgIpc) is 3.38. The summed E-state index contributed by atoms with van der Waals surface area (Å²) in [7, 11) is 0. The molecule has 4 aromatic rings. The number of imidazole rings is 1. The molecular formula is C24H20Cl2N4O2. The number of carbonyl (C=O) groups excluding carboxylic acids is 2. The van der Waals surface area contributed by atoms with Gasteiger partial charge in [-0.1, -0.05) is 23.2 Å². The lowest BCUT2D eigenvalue weighted by Gasteiger charge is -2.17. The molecule has 1 aliphatic rings. The highest BCUT2D eigenvalue weighted by atomic mass is 35.5. The van der Waals surface area contributed by atoms with Crippen LogP contribution < -0.4 is 5.32 Å². The van der Waals surface area contributed by atoms with Crippen LogP contribution in [0.1, 0.15) is 58.0 Å². The van der Waals surface area contributed by atoms with Crippen LogP contribution in [0, 0.1) is 0 Å². The van der Waals surface area contributed by atoms with Crippen molar-refractivity contribution in [2.75, 3.05) is 0 Å². The molecule has 2 aromatic heterocycles. The molecule has 0 fully saturated rings. The Hall–Kier alpha value is -3.09. The van der Waals surface area contributed by atoms with Gasteiger partial charge in [-0.15, -0.1) is 0 Å². The predicted molar refractivity (Wildman–Crippen MR) is 125 cm³/mol. The van der Waals surface area contributed by atoms with Crippen LogP contribution in [0.5, 0.6) is 0 Å². The fourth-order valence-electron chi connectivity index (χ4n) is 4.15. The lowest BCUT2D eigenvalue weighted by molar-refractivity contribution is 0.0936. The minimum absolute atomic E-state index is 0.166. The number of hydrogen-bond acceptors (Lipinski definition) is 3. The van der Waals surface area contributed by atoms with Crippen LogP contribution in [0.2, 0.25) is 10.0 Å². The molecule has 1 aliphatic carbocycles. The first-order valence-electron chi connectivity index (χ1n) is 10.4. The van der Waals surface area contributed by atoms with E-state index in [9.17, 15) is 9.59 Å². The molecule has 2 aromatic carbocycles. The number of benzene rings is 2. The van der Waals surface area contributed by atoms with Gasteiger partial charge in [-0.3, -0.25) is 9.59 Å². The maximum absolute atomic E-state index is 12.8. The first-order valence-corrected chi connectivity index (χ1v) is 11.2. The number of aromatic amines is 1. The van der Waals surface area contributed by atoms with Crippen LogP contribution in [0.3, 0.4) is 0 Å². The van der Waals surface area contributed by atoms with E-state index < -0.39 is 0 Å². The Morgan fingerprint density at radius 2 is 2.00 bits per heavy atom. The van der Waals surface area contributed by atoms with Gasteiger partial charge in [-0.05, 0) is 62.2 Å². The summed E-state index contributed by atoms with van der Waals surface area (Å²) >= 11 is 12.6. The van der Waals surface area contributed by atoms with Crippen molar-refractivity contribution in [1.82, 2.24) is 19.9 Å². The molecule has 0 saturated heterocycles. The molecule has 6 nitrogen and oxygen atoms in total. The SMILES string of the molecule is C[C@H](NC(=O)c1ccc(-n2ccc3c2CCCC3=O)c(Cl)c1)c1nc2cc(Cl)ccc2[nH]1. The van der Waals surface area contributed by atoms with Crippen LogP contribution in [0.25, 0.3) is 16.7 Å². The molecule has 8 heteroatoms. The summed E-state index contributed by atoms with van der Waals surface area (Å²) < 4.78 is 1.94. The minimum Gasteiger partial charge on any atom is -0.342 e. The third kappa shape index (κ3) is 3.70. The largest absolute Gasteiger partial charge is 0.342 e.